The van der Waals surface area contributed by atoms with Gasteiger partial charge in [0.25, 0.3) is 5.91 Å². The van der Waals surface area contributed by atoms with E-state index in [1.807, 2.05) is 17.6 Å². The maximum atomic E-state index is 12.5. The van der Waals surface area contributed by atoms with Gasteiger partial charge in [-0.3, -0.25) is 9.20 Å². The normalized spacial score (nSPS) is 17.3. The zero-order chi connectivity index (χ0) is 15.8. The smallest absolute Gasteiger partial charge is 0.261 e. The van der Waals surface area contributed by atoms with Crippen molar-refractivity contribution >= 4 is 43.9 Å². The Morgan fingerprint density at radius 3 is 3.04 bits per heavy atom. The van der Waals surface area contributed by atoms with Crippen LogP contribution in [0.15, 0.2) is 17.6 Å². The standard InChI is InChI=1S/C16H20N4OS2/c1-2-5-19-6-3-11(4-7-19)17-14(21)13-10-12-15(23-13)18-16-20(12)8-9-22-16/h8-11H,2-7H2,1H3,(H,17,21). The van der Waals surface area contributed by atoms with Crippen molar-refractivity contribution in [2.75, 3.05) is 19.6 Å². The Bertz CT molecular complexity index is 826. The zero-order valence-corrected chi connectivity index (χ0v) is 14.8. The van der Waals surface area contributed by atoms with E-state index in [2.05, 4.69) is 26.5 Å². The van der Waals surface area contributed by atoms with Crippen LogP contribution >= 0.6 is 22.7 Å². The second kappa shape index (κ2) is 6.22. The summed E-state index contributed by atoms with van der Waals surface area (Å²) in [5, 5.41) is 5.22. The number of carbonyl (C=O) groups excluding carboxylic acids is 1. The van der Waals surface area contributed by atoms with Crippen molar-refractivity contribution in [3.05, 3.63) is 22.5 Å². The number of nitrogens with one attached hydrogen (secondary N) is 1. The van der Waals surface area contributed by atoms with Crippen LogP contribution in [0.5, 0.6) is 0 Å². The second-order valence-electron chi connectivity index (χ2n) is 6.06. The number of carbonyl (C=O) groups is 1. The van der Waals surface area contributed by atoms with Crippen LogP contribution < -0.4 is 5.32 Å². The number of likely N-dealkylation sites (tertiary alicyclic amines) is 1. The molecular formula is C16H20N4OS2. The van der Waals surface area contributed by atoms with E-state index >= 15 is 0 Å². The topological polar surface area (TPSA) is 49.6 Å². The molecule has 122 valence electrons. The molecule has 4 heterocycles. The first-order valence-electron chi connectivity index (χ1n) is 8.13. The molecule has 3 aromatic rings. The van der Waals surface area contributed by atoms with Gasteiger partial charge in [0.2, 0.25) is 0 Å². The quantitative estimate of drug-likeness (QED) is 0.788. The molecule has 7 heteroatoms. The van der Waals surface area contributed by atoms with E-state index in [9.17, 15) is 4.79 Å². The van der Waals surface area contributed by atoms with Gasteiger partial charge < -0.3 is 10.2 Å². The van der Waals surface area contributed by atoms with Crippen molar-refractivity contribution in [3.8, 4) is 0 Å². The van der Waals surface area contributed by atoms with E-state index < -0.39 is 0 Å². The third-order valence-corrected chi connectivity index (χ3v) is 6.20. The summed E-state index contributed by atoms with van der Waals surface area (Å²) >= 11 is 3.10. The maximum absolute atomic E-state index is 12.5. The molecule has 23 heavy (non-hydrogen) atoms. The number of thiazole rings is 1. The van der Waals surface area contributed by atoms with E-state index in [4.69, 9.17) is 0 Å². The summed E-state index contributed by atoms with van der Waals surface area (Å²) in [6.07, 6.45) is 5.30. The molecule has 0 aliphatic carbocycles. The van der Waals surface area contributed by atoms with Crippen molar-refractivity contribution in [3.63, 3.8) is 0 Å². The summed E-state index contributed by atoms with van der Waals surface area (Å²) < 4.78 is 2.05. The monoisotopic (exact) mass is 348 g/mol. The Labute approximate surface area is 142 Å². The van der Waals surface area contributed by atoms with Crippen LogP contribution in [0.25, 0.3) is 15.3 Å². The fourth-order valence-corrected chi connectivity index (χ4v) is 4.94. The van der Waals surface area contributed by atoms with Crippen LogP contribution in [-0.4, -0.2) is 45.9 Å². The van der Waals surface area contributed by atoms with E-state index in [1.165, 1.54) is 24.3 Å². The van der Waals surface area contributed by atoms with Gasteiger partial charge in [0.05, 0.1) is 10.4 Å². The van der Waals surface area contributed by atoms with Gasteiger partial charge in [0.15, 0.2) is 4.96 Å². The number of imidazole rings is 1. The number of piperidine rings is 1. The lowest BCUT2D eigenvalue weighted by molar-refractivity contribution is 0.0915. The fraction of sp³-hybridized carbons (Fsp3) is 0.500. The van der Waals surface area contributed by atoms with E-state index in [1.54, 1.807) is 11.3 Å². The number of aromatic nitrogens is 2. The Kier molecular flexibility index (Phi) is 4.09. The predicted octanol–water partition coefficient (Wildman–Crippen LogP) is 3.21. The third kappa shape index (κ3) is 2.88. The second-order valence-corrected chi connectivity index (χ2v) is 7.96. The van der Waals surface area contributed by atoms with E-state index in [-0.39, 0.29) is 5.91 Å². The van der Waals surface area contributed by atoms with Gasteiger partial charge in [-0.1, -0.05) is 6.92 Å². The highest BCUT2D eigenvalue weighted by Gasteiger charge is 2.22. The van der Waals surface area contributed by atoms with Crippen molar-refractivity contribution in [1.29, 1.82) is 0 Å². The Morgan fingerprint density at radius 2 is 2.26 bits per heavy atom. The number of nitrogens with zero attached hydrogens (tertiary/aromatic N) is 3. The minimum atomic E-state index is 0.0471. The molecule has 0 bridgehead atoms. The van der Waals surface area contributed by atoms with Gasteiger partial charge in [-0.15, -0.1) is 22.7 Å². The highest BCUT2D eigenvalue weighted by molar-refractivity contribution is 7.21. The predicted molar refractivity (Wildman–Crippen MR) is 95.7 cm³/mol. The summed E-state index contributed by atoms with van der Waals surface area (Å²) in [5.74, 6) is 0.0471. The highest BCUT2D eigenvalue weighted by Crippen LogP contribution is 2.28. The van der Waals surface area contributed by atoms with Gasteiger partial charge in [-0.25, -0.2) is 4.98 Å². The lowest BCUT2D eigenvalue weighted by atomic mass is 10.0. The molecule has 1 aliphatic heterocycles. The lowest BCUT2D eigenvalue weighted by Gasteiger charge is -2.31. The number of thiophene rings is 1. The maximum Gasteiger partial charge on any atom is 0.261 e. The first-order chi connectivity index (χ1) is 11.2. The highest BCUT2D eigenvalue weighted by atomic mass is 32.1. The summed E-state index contributed by atoms with van der Waals surface area (Å²) in [4.78, 5) is 22.3. The minimum absolute atomic E-state index is 0.0471. The summed E-state index contributed by atoms with van der Waals surface area (Å²) in [7, 11) is 0. The molecule has 1 saturated heterocycles. The van der Waals surface area contributed by atoms with Crippen molar-refractivity contribution in [2.24, 2.45) is 0 Å². The molecule has 1 fully saturated rings. The Hall–Kier alpha value is -1.44. The van der Waals surface area contributed by atoms with Gasteiger partial charge in [-0.2, -0.15) is 0 Å². The molecule has 1 N–H and O–H groups in total. The molecule has 1 aliphatic rings. The molecule has 3 aromatic heterocycles. The molecule has 4 rings (SSSR count). The average Bonchev–Trinajstić information content (AvgIpc) is 3.21. The third-order valence-electron chi connectivity index (χ3n) is 4.43. The lowest BCUT2D eigenvalue weighted by Crippen LogP contribution is -2.44. The Balaban J connectivity index is 1.44. The Morgan fingerprint density at radius 1 is 1.43 bits per heavy atom. The number of amides is 1. The van der Waals surface area contributed by atoms with Crippen molar-refractivity contribution in [2.45, 2.75) is 32.2 Å². The number of hydrogen-bond donors (Lipinski definition) is 1. The molecule has 0 atom stereocenters. The van der Waals surface area contributed by atoms with Gasteiger partial charge >= 0.3 is 0 Å². The number of hydrogen-bond acceptors (Lipinski definition) is 5. The van der Waals surface area contributed by atoms with E-state index in [0.29, 0.717) is 6.04 Å². The zero-order valence-electron chi connectivity index (χ0n) is 13.1. The molecule has 0 radical (unpaired) electrons. The summed E-state index contributed by atoms with van der Waals surface area (Å²) in [5.41, 5.74) is 1.04. The molecule has 0 spiro atoms. The average molecular weight is 348 g/mol. The van der Waals surface area contributed by atoms with Gasteiger partial charge in [0, 0.05) is 30.7 Å². The van der Waals surface area contributed by atoms with Gasteiger partial charge in [0.1, 0.15) is 4.83 Å². The van der Waals surface area contributed by atoms with E-state index in [0.717, 1.165) is 46.1 Å². The number of fused-ring (bicyclic) bond motifs is 3. The molecule has 0 unspecified atom stereocenters. The molecule has 1 amide bonds. The SMILES string of the molecule is CCCN1CCC(NC(=O)c2cc3c(nc4sccn43)s2)CC1. The van der Waals surface area contributed by atoms with Crippen LogP contribution in [0.3, 0.4) is 0 Å². The van der Waals surface area contributed by atoms with Crippen LogP contribution in [0.1, 0.15) is 35.9 Å². The van der Waals surface area contributed by atoms with Crippen LogP contribution in [0, 0.1) is 0 Å². The van der Waals surface area contributed by atoms with Gasteiger partial charge in [-0.05, 0) is 31.9 Å². The summed E-state index contributed by atoms with van der Waals surface area (Å²) in [6.45, 7) is 5.55. The molecule has 5 nitrogen and oxygen atoms in total. The number of rotatable bonds is 4. The molecule has 0 saturated carbocycles. The van der Waals surface area contributed by atoms with Crippen LogP contribution in [0.2, 0.25) is 0 Å². The van der Waals surface area contributed by atoms with Crippen LogP contribution in [-0.2, 0) is 0 Å². The first-order valence-corrected chi connectivity index (χ1v) is 9.82. The first kappa shape index (κ1) is 15.1. The summed E-state index contributed by atoms with van der Waals surface area (Å²) in [6, 6.07) is 2.27. The van der Waals surface area contributed by atoms with Crippen LogP contribution in [0.4, 0.5) is 0 Å². The fourth-order valence-electron chi connectivity index (χ4n) is 3.23. The molecular weight excluding hydrogens is 328 g/mol. The molecule has 0 aromatic carbocycles. The van der Waals surface area contributed by atoms with Crippen molar-refractivity contribution < 1.29 is 4.79 Å². The minimum Gasteiger partial charge on any atom is -0.349 e. The van der Waals surface area contributed by atoms with Crippen molar-refractivity contribution in [1.82, 2.24) is 19.6 Å². The largest absolute Gasteiger partial charge is 0.349 e.